The maximum absolute atomic E-state index is 12.2. The van der Waals surface area contributed by atoms with Gasteiger partial charge in [0.15, 0.2) is 0 Å². The van der Waals surface area contributed by atoms with Crippen LogP contribution in [-0.2, 0) is 16.1 Å². The van der Waals surface area contributed by atoms with E-state index in [1.165, 1.54) is 12.3 Å². The number of aromatic nitrogens is 1. The van der Waals surface area contributed by atoms with Crippen molar-refractivity contribution in [1.82, 2.24) is 4.57 Å². The highest BCUT2D eigenvalue weighted by atomic mass is 16.6. The third-order valence-corrected chi connectivity index (χ3v) is 4.74. The smallest absolute Gasteiger partial charge is 0.334 e. The molecule has 0 spiro atoms. The topological polar surface area (TPSA) is 91.4 Å². The summed E-state index contributed by atoms with van der Waals surface area (Å²) in [5, 5.41) is 10.8. The summed E-state index contributed by atoms with van der Waals surface area (Å²) in [6.07, 6.45) is 4.17. The van der Waals surface area contributed by atoms with E-state index in [4.69, 9.17) is 4.74 Å². The van der Waals surface area contributed by atoms with Crippen molar-refractivity contribution in [3.05, 3.63) is 38.8 Å². The monoisotopic (exact) mass is 336 g/mol. The number of hydrogen-bond donors (Lipinski definition) is 0. The molecule has 0 aliphatic heterocycles. The fourth-order valence-corrected chi connectivity index (χ4v) is 3.38. The fourth-order valence-electron chi connectivity index (χ4n) is 3.38. The van der Waals surface area contributed by atoms with E-state index in [0.717, 1.165) is 29.9 Å². The van der Waals surface area contributed by atoms with Gasteiger partial charge in [-0.3, -0.25) is 24.3 Å². The summed E-state index contributed by atoms with van der Waals surface area (Å²) >= 11 is 0. The van der Waals surface area contributed by atoms with Crippen LogP contribution in [0.3, 0.4) is 0 Å². The van der Waals surface area contributed by atoms with Crippen LogP contribution in [-0.4, -0.2) is 21.6 Å². The third kappa shape index (κ3) is 4.21. The van der Waals surface area contributed by atoms with Crippen LogP contribution in [0.1, 0.15) is 40.0 Å². The second-order valence-corrected chi connectivity index (χ2v) is 6.94. The number of nitrogens with zero attached hydrogens (tertiary/aromatic N) is 2. The van der Waals surface area contributed by atoms with Crippen LogP contribution in [0.5, 0.6) is 0 Å². The maximum Gasteiger partial charge on any atom is 0.334 e. The van der Waals surface area contributed by atoms with Crippen LogP contribution in [0.2, 0.25) is 0 Å². The quantitative estimate of drug-likeness (QED) is 0.468. The molecule has 0 bridgehead atoms. The number of esters is 1. The van der Waals surface area contributed by atoms with Crippen LogP contribution >= 0.6 is 0 Å². The highest BCUT2D eigenvalue weighted by Gasteiger charge is 2.33. The van der Waals surface area contributed by atoms with Gasteiger partial charge in [-0.25, -0.2) is 0 Å². The Balaban J connectivity index is 2.09. The lowest BCUT2D eigenvalue weighted by Gasteiger charge is -2.36. The first-order valence-electron chi connectivity index (χ1n) is 8.33. The molecule has 1 fully saturated rings. The van der Waals surface area contributed by atoms with Crippen LogP contribution in [0, 0.1) is 27.9 Å². The highest BCUT2D eigenvalue weighted by Crippen LogP contribution is 2.35. The van der Waals surface area contributed by atoms with Crippen molar-refractivity contribution < 1.29 is 14.5 Å². The van der Waals surface area contributed by atoms with E-state index in [0.29, 0.717) is 17.8 Å². The lowest BCUT2D eigenvalue weighted by molar-refractivity contribution is -0.386. The zero-order valence-corrected chi connectivity index (χ0v) is 14.3. The van der Waals surface area contributed by atoms with Gasteiger partial charge < -0.3 is 4.74 Å². The Morgan fingerprint density at radius 1 is 1.46 bits per heavy atom. The molecule has 0 N–H and O–H groups in total. The number of hydrogen-bond acceptors (Lipinski definition) is 5. The Labute approximate surface area is 140 Å². The number of nitro groups is 1. The summed E-state index contributed by atoms with van der Waals surface area (Å²) in [7, 11) is 0. The molecular weight excluding hydrogens is 312 g/mol. The number of carbonyl (C=O) groups excluding carboxylic acids is 1. The molecule has 2 rings (SSSR count). The average Bonchev–Trinajstić information content (AvgIpc) is 2.48. The molecule has 132 valence electrons. The summed E-state index contributed by atoms with van der Waals surface area (Å²) in [6, 6.07) is 2.51. The molecule has 24 heavy (non-hydrogen) atoms. The number of carbonyl (C=O) groups is 1. The SMILES string of the molecule is CC1CCC(C(C)C)C(OC(=O)Cn2cccc([N+](=O)[O-])c2=O)C1. The third-order valence-electron chi connectivity index (χ3n) is 4.74. The first-order valence-corrected chi connectivity index (χ1v) is 8.33. The van der Waals surface area contributed by atoms with Gasteiger partial charge in [-0.1, -0.05) is 27.2 Å². The van der Waals surface area contributed by atoms with Gasteiger partial charge in [0.25, 0.3) is 0 Å². The fraction of sp³-hybridized carbons (Fsp3) is 0.647. The predicted molar refractivity (Wildman–Crippen MR) is 88.6 cm³/mol. The molecule has 1 aromatic heterocycles. The van der Waals surface area contributed by atoms with Crippen molar-refractivity contribution in [2.45, 2.75) is 52.7 Å². The Kier molecular flexibility index (Phi) is 5.75. The van der Waals surface area contributed by atoms with Crippen LogP contribution in [0.15, 0.2) is 23.1 Å². The molecule has 1 heterocycles. The van der Waals surface area contributed by atoms with E-state index in [-0.39, 0.29) is 12.6 Å². The molecule has 1 aliphatic rings. The minimum Gasteiger partial charge on any atom is -0.461 e. The van der Waals surface area contributed by atoms with Crippen LogP contribution in [0.25, 0.3) is 0 Å². The summed E-state index contributed by atoms with van der Waals surface area (Å²) in [5.74, 6) is 0.698. The van der Waals surface area contributed by atoms with Gasteiger partial charge in [0.1, 0.15) is 12.6 Å². The van der Waals surface area contributed by atoms with Gasteiger partial charge in [0, 0.05) is 12.3 Å². The Hall–Kier alpha value is -2.18. The van der Waals surface area contributed by atoms with Crippen molar-refractivity contribution >= 4 is 11.7 Å². The van der Waals surface area contributed by atoms with Crippen molar-refractivity contribution in [1.29, 1.82) is 0 Å². The molecule has 0 radical (unpaired) electrons. The molecule has 7 nitrogen and oxygen atoms in total. The number of rotatable bonds is 5. The van der Waals surface area contributed by atoms with Gasteiger partial charge >= 0.3 is 17.2 Å². The van der Waals surface area contributed by atoms with Crippen molar-refractivity contribution in [2.24, 2.45) is 17.8 Å². The molecule has 0 amide bonds. The molecule has 0 saturated heterocycles. The van der Waals surface area contributed by atoms with Crippen molar-refractivity contribution in [3.8, 4) is 0 Å². The summed E-state index contributed by atoms with van der Waals surface area (Å²) in [5.41, 5.74) is -1.34. The first-order chi connectivity index (χ1) is 11.3. The molecule has 7 heteroatoms. The molecular formula is C17H24N2O5. The predicted octanol–water partition coefficient (Wildman–Crippen LogP) is 2.76. The molecule has 1 aliphatic carbocycles. The normalized spacial score (nSPS) is 23.9. The number of pyridine rings is 1. The molecule has 0 aromatic carbocycles. The van der Waals surface area contributed by atoms with E-state index in [9.17, 15) is 19.7 Å². The standard InChI is InChI=1S/C17H24N2O5/c1-11(2)13-7-6-12(3)9-15(13)24-16(20)10-18-8-4-5-14(17(18)21)19(22)23/h4-5,8,11-13,15H,6-7,9-10H2,1-3H3. The number of ether oxygens (including phenoxy) is 1. The highest BCUT2D eigenvalue weighted by molar-refractivity contribution is 5.69. The van der Waals surface area contributed by atoms with Crippen LogP contribution < -0.4 is 5.56 Å². The zero-order chi connectivity index (χ0) is 17.9. The molecule has 1 saturated carbocycles. The summed E-state index contributed by atoms with van der Waals surface area (Å²) < 4.78 is 6.65. The van der Waals surface area contributed by atoms with E-state index < -0.39 is 22.1 Å². The molecule has 3 atom stereocenters. The van der Waals surface area contributed by atoms with Crippen molar-refractivity contribution in [2.75, 3.05) is 0 Å². The van der Waals surface area contributed by atoms with Gasteiger partial charge in [0.05, 0.1) is 4.92 Å². The average molecular weight is 336 g/mol. The minimum atomic E-state index is -0.795. The van der Waals surface area contributed by atoms with Gasteiger partial charge in [-0.2, -0.15) is 0 Å². The van der Waals surface area contributed by atoms with E-state index >= 15 is 0 Å². The van der Waals surface area contributed by atoms with Crippen molar-refractivity contribution in [3.63, 3.8) is 0 Å². The Morgan fingerprint density at radius 3 is 2.79 bits per heavy atom. The molecule has 1 aromatic rings. The van der Waals surface area contributed by atoms with Gasteiger partial charge in [0.2, 0.25) is 0 Å². The lowest BCUT2D eigenvalue weighted by Crippen LogP contribution is -2.37. The van der Waals surface area contributed by atoms with E-state index in [2.05, 4.69) is 20.8 Å². The maximum atomic E-state index is 12.2. The second-order valence-electron chi connectivity index (χ2n) is 6.94. The second kappa shape index (κ2) is 7.59. The first kappa shape index (κ1) is 18.2. The van der Waals surface area contributed by atoms with Gasteiger partial charge in [-0.15, -0.1) is 0 Å². The Bertz CT molecular complexity index is 667. The summed E-state index contributed by atoms with van der Waals surface area (Å²) in [6.45, 7) is 6.07. The summed E-state index contributed by atoms with van der Waals surface area (Å²) in [4.78, 5) is 34.3. The minimum absolute atomic E-state index is 0.157. The van der Waals surface area contributed by atoms with E-state index in [1.54, 1.807) is 0 Å². The van der Waals surface area contributed by atoms with E-state index in [1.807, 2.05) is 0 Å². The van der Waals surface area contributed by atoms with Gasteiger partial charge in [-0.05, 0) is 36.7 Å². The Morgan fingerprint density at radius 2 is 2.17 bits per heavy atom. The largest absolute Gasteiger partial charge is 0.461 e. The lowest BCUT2D eigenvalue weighted by atomic mass is 9.75. The molecule has 3 unspecified atom stereocenters. The van der Waals surface area contributed by atoms with Crippen LogP contribution in [0.4, 0.5) is 5.69 Å². The zero-order valence-electron chi connectivity index (χ0n) is 14.3.